The molecule has 1 aliphatic rings. The molecule has 1 fully saturated rings. The van der Waals surface area contributed by atoms with Gasteiger partial charge in [0, 0.05) is 24.8 Å². The van der Waals surface area contributed by atoms with Crippen LogP contribution < -0.4 is 5.73 Å². The molecule has 1 aromatic heterocycles. The van der Waals surface area contributed by atoms with Gasteiger partial charge in [-0.1, -0.05) is 18.2 Å². The van der Waals surface area contributed by atoms with Gasteiger partial charge in [0.25, 0.3) is 0 Å². The fraction of sp³-hybridized carbons (Fsp3) is 0.375. The summed E-state index contributed by atoms with van der Waals surface area (Å²) in [7, 11) is 0. The highest BCUT2D eigenvalue weighted by molar-refractivity contribution is 7.07. The topological polar surface area (TPSA) is 29.3 Å². The first-order chi connectivity index (χ1) is 9.33. The molecule has 1 aromatic carbocycles. The van der Waals surface area contributed by atoms with Crippen LogP contribution in [0.15, 0.2) is 41.1 Å². The van der Waals surface area contributed by atoms with Crippen molar-refractivity contribution in [2.75, 3.05) is 12.3 Å². The quantitative estimate of drug-likeness (QED) is 0.815. The number of anilines is 1. The lowest BCUT2D eigenvalue weighted by Crippen LogP contribution is -2.28. The number of nitrogen functional groups attached to an aromatic ring is 1. The minimum absolute atomic E-state index is 0.776. The first-order valence-electron chi connectivity index (χ1n) is 6.91. The maximum atomic E-state index is 6.06. The van der Waals surface area contributed by atoms with E-state index in [9.17, 15) is 0 Å². The highest BCUT2D eigenvalue weighted by Crippen LogP contribution is 2.29. The normalized spacial score (nSPS) is 15.0. The Kier molecular flexibility index (Phi) is 3.85. The number of para-hydroxylation sites is 1. The largest absolute Gasteiger partial charge is 0.398 e. The third kappa shape index (κ3) is 3.37. The molecule has 0 radical (unpaired) electrons. The van der Waals surface area contributed by atoms with Gasteiger partial charge in [-0.2, -0.15) is 11.3 Å². The Morgan fingerprint density at radius 1 is 1.21 bits per heavy atom. The third-order valence-electron chi connectivity index (χ3n) is 3.76. The molecule has 1 heterocycles. The number of hydrogen-bond acceptors (Lipinski definition) is 3. The van der Waals surface area contributed by atoms with Gasteiger partial charge < -0.3 is 5.73 Å². The molecule has 0 saturated heterocycles. The zero-order chi connectivity index (χ0) is 13.1. The summed E-state index contributed by atoms with van der Waals surface area (Å²) in [6.07, 6.45) is 3.83. The molecule has 0 atom stereocenters. The van der Waals surface area contributed by atoms with E-state index in [4.69, 9.17) is 5.73 Å². The predicted octanol–water partition coefficient (Wildman–Crippen LogP) is 3.54. The Balaban J connectivity index is 1.63. The van der Waals surface area contributed by atoms with Gasteiger partial charge >= 0.3 is 0 Å². The monoisotopic (exact) mass is 272 g/mol. The van der Waals surface area contributed by atoms with Crippen LogP contribution >= 0.6 is 11.3 Å². The first-order valence-corrected chi connectivity index (χ1v) is 7.86. The van der Waals surface area contributed by atoms with E-state index < -0.39 is 0 Å². The Bertz CT molecular complexity index is 517. The van der Waals surface area contributed by atoms with Crippen LogP contribution in [-0.2, 0) is 13.0 Å². The molecule has 2 N–H and O–H groups in total. The molecule has 2 aromatic rings. The number of rotatable bonds is 6. The molecule has 3 rings (SSSR count). The van der Waals surface area contributed by atoms with E-state index in [2.05, 4.69) is 33.9 Å². The minimum Gasteiger partial charge on any atom is -0.398 e. The molecule has 0 aliphatic heterocycles. The SMILES string of the molecule is Nc1ccccc1CN(CCc1ccsc1)C1CC1. The fourth-order valence-corrected chi connectivity index (χ4v) is 3.14. The molecule has 0 unspecified atom stereocenters. The Morgan fingerprint density at radius 3 is 2.74 bits per heavy atom. The smallest absolute Gasteiger partial charge is 0.0359 e. The molecule has 1 aliphatic carbocycles. The Hall–Kier alpha value is -1.32. The predicted molar refractivity (Wildman–Crippen MR) is 82.3 cm³/mol. The minimum atomic E-state index is 0.776. The molecule has 100 valence electrons. The van der Waals surface area contributed by atoms with Gasteiger partial charge in [-0.25, -0.2) is 0 Å². The number of thiophene rings is 1. The summed E-state index contributed by atoms with van der Waals surface area (Å²) in [6.45, 7) is 2.12. The summed E-state index contributed by atoms with van der Waals surface area (Å²) in [6, 6.07) is 11.2. The van der Waals surface area contributed by atoms with Crippen molar-refractivity contribution >= 4 is 17.0 Å². The lowest BCUT2D eigenvalue weighted by Gasteiger charge is -2.22. The zero-order valence-corrected chi connectivity index (χ0v) is 11.9. The van der Waals surface area contributed by atoms with E-state index in [1.54, 1.807) is 11.3 Å². The molecule has 0 bridgehead atoms. The van der Waals surface area contributed by atoms with E-state index in [-0.39, 0.29) is 0 Å². The summed E-state index contributed by atoms with van der Waals surface area (Å²) in [5.74, 6) is 0. The van der Waals surface area contributed by atoms with Gasteiger partial charge in [0.05, 0.1) is 0 Å². The van der Waals surface area contributed by atoms with Crippen molar-refractivity contribution in [3.05, 3.63) is 52.2 Å². The zero-order valence-electron chi connectivity index (χ0n) is 11.1. The van der Waals surface area contributed by atoms with Gasteiger partial charge in [-0.15, -0.1) is 0 Å². The maximum absolute atomic E-state index is 6.06. The van der Waals surface area contributed by atoms with Crippen LogP contribution in [0.4, 0.5) is 5.69 Å². The van der Waals surface area contributed by atoms with Crippen LogP contribution in [-0.4, -0.2) is 17.5 Å². The molecular weight excluding hydrogens is 252 g/mol. The van der Waals surface area contributed by atoms with E-state index in [0.29, 0.717) is 0 Å². The molecule has 0 spiro atoms. The van der Waals surface area contributed by atoms with Crippen LogP contribution in [0, 0.1) is 0 Å². The lowest BCUT2D eigenvalue weighted by molar-refractivity contribution is 0.258. The Morgan fingerprint density at radius 2 is 2.05 bits per heavy atom. The second-order valence-electron chi connectivity index (χ2n) is 5.28. The van der Waals surface area contributed by atoms with Crippen molar-refractivity contribution in [1.29, 1.82) is 0 Å². The van der Waals surface area contributed by atoms with Crippen molar-refractivity contribution in [2.24, 2.45) is 0 Å². The lowest BCUT2D eigenvalue weighted by atomic mass is 10.1. The molecule has 3 heteroatoms. The number of hydrogen-bond donors (Lipinski definition) is 1. The molecule has 1 saturated carbocycles. The van der Waals surface area contributed by atoms with Gasteiger partial charge in [0.1, 0.15) is 0 Å². The van der Waals surface area contributed by atoms with E-state index in [1.165, 1.54) is 24.0 Å². The number of nitrogens with two attached hydrogens (primary N) is 1. The van der Waals surface area contributed by atoms with Crippen molar-refractivity contribution in [2.45, 2.75) is 31.8 Å². The average Bonchev–Trinajstić information content (AvgIpc) is 3.13. The molecule has 19 heavy (non-hydrogen) atoms. The third-order valence-corrected chi connectivity index (χ3v) is 4.49. The van der Waals surface area contributed by atoms with Crippen LogP contribution in [0.2, 0.25) is 0 Å². The van der Waals surface area contributed by atoms with Crippen LogP contribution in [0.5, 0.6) is 0 Å². The van der Waals surface area contributed by atoms with E-state index in [0.717, 1.165) is 31.2 Å². The van der Waals surface area contributed by atoms with Gasteiger partial charge in [-0.05, 0) is 53.3 Å². The van der Waals surface area contributed by atoms with Gasteiger partial charge in [0.2, 0.25) is 0 Å². The van der Waals surface area contributed by atoms with Crippen LogP contribution in [0.3, 0.4) is 0 Å². The molecular formula is C16H20N2S. The van der Waals surface area contributed by atoms with Crippen molar-refractivity contribution in [1.82, 2.24) is 4.90 Å². The van der Waals surface area contributed by atoms with Crippen LogP contribution in [0.1, 0.15) is 24.0 Å². The van der Waals surface area contributed by atoms with E-state index >= 15 is 0 Å². The highest BCUT2D eigenvalue weighted by Gasteiger charge is 2.28. The number of benzene rings is 1. The summed E-state index contributed by atoms with van der Waals surface area (Å²) < 4.78 is 0. The van der Waals surface area contributed by atoms with Crippen molar-refractivity contribution < 1.29 is 0 Å². The maximum Gasteiger partial charge on any atom is 0.0359 e. The summed E-state index contributed by atoms with van der Waals surface area (Å²) in [5, 5.41) is 4.41. The van der Waals surface area contributed by atoms with Gasteiger partial charge in [-0.3, -0.25) is 4.90 Å². The second-order valence-corrected chi connectivity index (χ2v) is 6.06. The van der Waals surface area contributed by atoms with Crippen molar-refractivity contribution in [3.8, 4) is 0 Å². The molecule has 0 amide bonds. The summed E-state index contributed by atoms with van der Waals surface area (Å²) in [4.78, 5) is 2.59. The van der Waals surface area contributed by atoms with E-state index in [1.807, 2.05) is 12.1 Å². The fourth-order valence-electron chi connectivity index (χ4n) is 2.44. The summed E-state index contributed by atoms with van der Waals surface area (Å²) >= 11 is 1.78. The average molecular weight is 272 g/mol. The summed E-state index contributed by atoms with van der Waals surface area (Å²) in [5.41, 5.74) is 9.69. The second kappa shape index (κ2) is 5.76. The number of nitrogens with zero attached hydrogens (tertiary/aromatic N) is 1. The van der Waals surface area contributed by atoms with Crippen LogP contribution in [0.25, 0.3) is 0 Å². The van der Waals surface area contributed by atoms with Gasteiger partial charge in [0.15, 0.2) is 0 Å². The molecule has 2 nitrogen and oxygen atoms in total. The van der Waals surface area contributed by atoms with Crippen molar-refractivity contribution in [3.63, 3.8) is 0 Å². The standard InChI is InChI=1S/C16H20N2S/c17-16-4-2-1-3-14(16)11-18(15-5-6-15)9-7-13-8-10-19-12-13/h1-4,8,10,12,15H,5-7,9,11,17H2. The first kappa shape index (κ1) is 12.7. The highest BCUT2D eigenvalue weighted by atomic mass is 32.1. The Labute approximate surface area is 118 Å².